The smallest absolute Gasteiger partial charge is 0.0703 e. The van der Waals surface area contributed by atoms with E-state index in [-0.39, 0.29) is 14.9 Å². The maximum atomic E-state index is 5.39. The summed E-state index contributed by atoms with van der Waals surface area (Å²) in [5.74, 6) is 0. The fourth-order valence-corrected chi connectivity index (χ4v) is 4.36. The molecule has 0 spiro atoms. The van der Waals surface area contributed by atoms with Crippen molar-refractivity contribution in [3.05, 3.63) is 0 Å². The van der Waals surface area contributed by atoms with Crippen molar-refractivity contribution in [2.24, 2.45) is 0 Å². The van der Waals surface area contributed by atoms with Crippen LogP contribution in [0.5, 0.6) is 0 Å². The highest BCUT2D eigenvalue weighted by Gasteiger charge is 1.95. The molecule has 0 aromatic rings. The van der Waals surface area contributed by atoms with Crippen LogP contribution in [0.2, 0.25) is 0 Å². The zero-order valence-electron chi connectivity index (χ0n) is 51.5. The molecule has 0 aliphatic carbocycles. The molecule has 0 saturated heterocycles. The third-order valence-electron chi connectivity index (χ3n) is 8.08. The van der Waals surface area contributed by atoms with Gasteiger partial charge in [0.1, 0.15) is 0 Å². The summed E-state index contributed by atoms with van der Waals surface area (Å²) in [6.45, 7) is 53.1. The van der Waals surface area contributed by atoms with E-state index in [0.717, 1.165) is 85.1 Å². The maximum absolute atomic E-state index is 5.39. The van der Waals surface area contributed by atoms with Crippen molar-refractivity contribution >= 4 is 0 Å². The quantitative estimate of drug-likeness (QED) is 0.0556. The van der Waals surface area contributed by atoms with E-state index in [1.54, 1.807) is 21.3 Å². The fraction of sp³-hybridized carbons (Fsp3) is 1.00. The molecule has 0 unspecified atom stereocenters. The average molecular weight is 1040 g/mol. The Morgan fingerprint density at radius 2 is 0.408 bits per heavy atom. The summed E-state index contributed by atoms with van der Waals surface area (Å²) in [5, 5.41) is 0. The lowest BCUT2D eigenvalue weighted by molar-refractivity contribution is 0.0351. The van der Waals surface area contributed by atoms with E-state index < -0.39 is 0 Å². The van der Waals surface area contributed by atoms with Crippen LogP contribution in [0.25, 0.3) is 0 Å². The van der Waals surface area contributed by atoms with Crippen molar-refractivity contribution in [3.8, 4) is 0 Å². The monoisotopic (exact) mass is 1040 g/mol. The molecule has 0 fully saturated rings. The Morgan fingerprint density at radius 3 is 0.676 bits per heavy atom. The third-order valence-corrected chi connectivity index (χ3v) is 8.08. The van der Waals surface area contributed by atoms with Crippen LogP contribution >= 0.6 is 0 Å². The van der Waals surface area contributed by atoms with Gasteiger partial charge in [-0.2, -0.15) is 0 Å². The molecule has 0 atom stereocenters. The average Bonchev–Trinajstić information content (AvgIpc) is 3.27. The minimum atomic E-state index is 0. The topological polar surface area (TPSA) is 102 Å². The van der Waals surface area contributed by atoms with Crippen LogP contribution in [-0.4, -0.2) is 143 Å². The Balaban J connectivity index is -0.0000000747. The number of rotatable bonds is 37. The molecule has 0 aromatic heterocycles. The van der Waals surface area contributed by atoms with E-state index >= 15 is 0 Å². The molecule has 0 amide bonds. The molecule has 0 bridgehead atoms. The van der Waals surface area contributed by atoms with E-state index in [9.17, 15) is 0 Å². The van der Waals surface area contributed by atoms with E-state index in [4.69, 9.17) is 52.1 Å². The van der Waals surface area contributed by atoms with E-state index in [1.807, 2.05) is 27.7 Å². The largest absolute Gasteiger partial charge is 0.385 e. The van der Waals surface area contributed by atoms with Gasteiger partial charge in [-0.15, -0.1) is 0 Å². The van der Waals surface area contributed by atoms with E-state index in [1.165, 1.54) is 70.6 Å². The van der Waals surface area contributed by atoms with Crippen LogP contribution < -0.4 is 0 Å². The lowest BCUT2D eigenvalue weighted by Crippen LogP contribution is -2.07. The standard InChI is InChI=1S/C9H20O.C8H18O2.C8H18O.C7H16O2.2C7H16O.C6H14O2.C6H14O.2CH4/c1-4-5-6-7-8-10-9(2)3;1-8(2)10-7-5-4-6-9-3;1-4-5-6-7-9-8(2)3;1-7(2)9-6-4-5-8-3;2*1-4-5-6-8-7(2)3;1-6(2)8-5-4-7-3;1-4-5-7-6(2)3;;/h9H,4-8H2,1-3H3;8H,4-7H2,1-3H3;8H,4-7H2,1-3H3;7H,4-6H2,1-3H3;2*7H,4-6H2,1-3H3;6H,4-5H2,1-3H3;6H,4-5H2,1-3H3;2*1H4. The summed E-state index contributed by atoms with van der Waals surface area (Å²) in [5.41, 5.74) is 0. The Morgan fingerprint density at radius 1 is 0.197 bits per heavy atom. The summed E-state index contributed by atoms with van der Waals surface area (Å²) in [6.07, 6.45) is 21.2. The van der Waals surface area contributed by atoms with Crippen molar-refractivity contribution in [2.75, 3.05) is 94.0 Å². The van der Waals surface area contributed by atoms with E-state index in [0.29, 0.717) is 62.0 Å². The van der Waals surface area contributed by atoms with Gasteiger partial charge in [-0.05, 0) is 162 Å². The zero-order chi connectivity index (χ0) is 54.8. The summed E-state index contributed by atoms with van der Waals surface area (Å²) in [7, 11) is 5.10. The van der Waals surface area contributed by atoms with Crippen LogP contribution in [0.15, 0.2) is 0 Å². The predicted molar refractivity (Wildman–Crippen MR) is 315 cm³/mol. The highest BCUT2D eigenvalue weighted by molar-refractivity contribution is 4.43. The first-order valence-corrected chi connectivity index (χ1v) is 28.1. The van der Waals surface area contributed by atoms with Crippen LogP contribution in [0.4, 0.5) is 0 Å². The number of hydrogen-bond donors (Lipinski definition) is 0. The van der Waals surface area contributed by atoms with Gasteiger partial charge in [0.25, 0.3) is 0 Å². The molecule has 0 rings (SSSR count). The number of unbranched alkanes of at least 4 members (excludes halogenated alkanes) is 8. The van der Waals surface area contributed by atoms with Crippen LogP contribution in [0.3, 0.4) is 0 Å². The van der Waals surface area contributed by atoms with Gasteiger partial charge in [0.05, 0.1) is 62.0 Å². The van der Waals surface area contributed by atoms with Crippen molar-refractivity contribution in [3.63, 3.8) is 0 Å². The molecular weight excluding hydrogens is 897 g/mol. The lowest BCUT2D eigenvalue weighted by Gasteiger charge is -2.05. The van der Waals surface area contributed by atoms with Gasteiger partial charge in [0.2, 0.25) is 0 Å². The second-order valence-corrected chi connectivity index (χ2v) is 18.9. The SMILES string of the molecule is C.C.CCCCCCOC(C)C.CCCCCOC(C)C.CCCCOC(C)C.CCCCOC(C)C.CCCOC(C)C.COCCCCOC(C)C.COCCCOC(C)C.COCCOC(C)C. The molecule has 0 aliphatic heterocycles. The predicted octanol–water partition coefficient (Wildman–Crippen LogP) is 17.5. The Bertz CT molecular complexity index is 684. The molecule has 11 nitrogen and oxygen atoms in total. The lowest BCUT2D eigenvalue weighted by atomic mass is 10.2. The first-order valence-electron chi connectivity index (χ1n) is 28.1. The van der Waals surface area contributed by atoms with Crippen LogP contribution in [0, 0.1) is 0 Å². The second kappa shape index (κ2) is 89.2. The summed E-state index contributed by atoms with van der Waals surface area (Å²) in [6, 6.07) is 0. The second-order valence-electron chi connectivity index (χ2n) is 18.9. The highest BCUT2D eigenvalue weighted by atomic mass is 16.5. The minimum absolute atomic E-state index is 0. The van der Waals surface area contributed by atoms with Crippen molar-refractivity contribution in [1.29, 1.82) is 0 Å². The van der Waals surface area contributed by atoms with Crippen LogP contribution in [-0.2, 0) is 52.1 Å². The molecule has 11 heteroatoms. The van der Waals surface area contributed by atoms with Gasteiger partial charge in [-0.1, -0.05) is 94.4 Å². The third kappa shape index (κ3) is 160. The van der Waals surface area contributed by atoms with Crippen molar-refractivity contribution < 1.29 is 52.1 Å². The molecule has 71 heavy (non-hydrogen) atoms. The van der Waals surface area contributed by atoms with Crippen molar-refractivity contribution in [2.45, 2.75) is 305 Å². The maximum Gasteiger partial charge on any atom is 0.0703 e. The van der Waals surface area contributed by atoms with Crippen molar-refractivity contribution in [1.82, 2.24) is 0 Å². The number of hydrogen-bond acceptors (Lipinski definition) is 11. The molecule has 0 radical (unpaired) electrons. The molecule has 0 saturated carbocycles. The molecule has 0 heterocycles. The molecule has 446 valence electrons. The normalized spacial score (nSPS) is 10.3. The summed E-state index contributed by atoms with van der Waals surface area (Å²) >= 11 is 0. The number of methoxy groups -OCH3 is 3. The Labute approximate surface area is 450 Å². The van der Waals surface area contributed by atoms with Gasteiger partial charge < -0.3 is 52.1 Å². The first-order chi connectivity index (χ1) is 32.7. The zero-order valence-corrected chi connectivity index (χ0v) is 51.5. The molecular formula is C60H140O11. The van der Waals surface area contributed by atoms with Gasteiger partial charge in [0.15, 0.2) is 0 Å². The molecule has 0 N–H and O–H groups in total. The van der Waals surface area contributed by atoms with Crippen LogP contribution in [0.1, 0.15) is 257 Å². The highest BCUT2D eigenvalue weighted by Crippen LogP contribution is 2.01. The van der Waals surface area contributed by atoms with Gasteiger partial charge in [-0.3, -0.25) is 0 Å². The minimum Gasteiger partial charge on any atom is -0.385 e. The Kier molecular flexibility index (Phi) is 117. The summed E-state index contributed by atoms with van der Waals surface area (Å²) in [4.78, 5) is 0. The van der Waals surface area contributed by atoms with Gasteiger partial charge in [0, 0.05) is 80.8 Å². The molecule has 0 aromatic carbocycles. The molecule has 0 aliphatic rings. The Hall–Kier alpha value is -0.440. The first kappa shape index (κ1) is 93.1. The fourth-order valence-electron chi connectivity index (χ4n) is 4.36. The van der Waals surface area contributed by atoms with Gasteiger partial charge in [-0.25, -0.2) is 0 Å². The van der Waals surface area contributed by atoms with Gasteiger partial charge >= 0.3 is 0 Å². The van der Waals surface area contributed by atoms with E-state index in [2.05, 4.69) is 118 Å². The summed E-state index contributed by atoms with van der Waals surface area (Å²) < 4.78 is 56.7. The number of ether oxygens (including phenoxy) is 11.